The number of ether oxygens (including phenoxy) is 1. The molecule has 6 atom stereocenters. The van der Waals surface area contributed by atoms with E-state index < -0.39 is 24.5 Å². The van der Waals surface area contributed by atoms with Gasteiger partial charge < -0.3 is 31.9 Å². The molecule has 33 heavy (non-hydrogen) atoms. The summed E-state index contributed by atoms with van der Waals surface area (Å²) in [5.74, 6) is -0.429. The molecule has 0 spiro atoms. The van der Waals surface area contributed by atoms with Crippen LogP contribution in [0.3, 0.4) is 0 Å². The van der Waals surface area contributed by atoms with Crippen LogP contribution < -0.4 is 27.4 Å². The number of nitrogens with zero attached hydrogens (tertiary/aromatic N) is 2. The van der Waals surface area contributed by atoms with Crippen molar-refractivity contribution >= 4 is 0 Å². The maximum atomic E-state index is 13.7. The average Bonchev–Trinajstić information content (AvgIpc) is 2.83. The Morgan fingerprint density at radius 1 is 1.12 bits per heavy atom. The van der Waals surface area contributed by atoms with Crippen LogP contribution in [0, 0.1) is 5.92 Å². The molecule has 0 saturated carbocycles. The van der Waals surface area contributed by atoms with Crippen LogP contribution in [0.4, 0.5) is 4.39 Å². The minimum absolute atomic E-state index is 0.0985. The summed E-state index contributed by atoms with van der Waals surface area (Å²) in [5, 5.41) is 21.1. The SMILES string of the molecule is CCC(F)CNC(C)C(C(N)N)C(O)NC1CNCCC1N1CCN(C2CCOCC2)CC1. The van der Waals surface area contributed by atoms with Gasteiger partial charge in [-0.2, -0.15) is 0 Å². The average molecular weight is 474 g/mol. The lowest BCUT2D eigenvalue weighted by Gasteiger charge is -2.47. The largest absolute Gasteiger partial charge is 0.381 e. The van der Waals surface area contributed by atoms with E-state index in [0.29, 0.717) is 18.5 Å². The molecule has 0 amide bonds. The van der Waals surface area contributed by atoms with E-state index in [1.165, 1.54) is 0 Å². The molecule has 0 radical (unpaired) electrons. The highest BCUT2D eigenvalue weighted by Crippen LogP contribution is 2.21. The molecule has 10 heteroatoms. The smallest absolute Gasteiger partial charge is 0.112 e. The maximum absolute atomic E-state index is 13.7. The molecule has 0 aromatic carbocycles. The van der Waals surface area contributed by atoms with Gasteiger partial charge in [0, 0.05) is 82.6 Å². The second kappa shape index (κ2) is 13.6. The van der Waals surface area contributed by atoms with Gasteiger partial charge in [-0.05, 0) is 39.2 Å². The van der Waals surface area contributed by atoms with Crippen LogP contribution in [0.2, 0.25) is 0 Å². The van der Waals surface area contributed by atoms with Crippen molar-refractivity contribution < 1.29 is 14.2 Å². The highest BCUT2D eigenvalue weighted by molar-refractivity contribution is 4.95. The fourth-order valence-corrected chi connectivity index (χ4v) is 5.68. The summed E-state index contributed by atoms with van der Waals surface area (Å²) in [7, 11) is 0. The third-order valence-corrected chi connectivity index (χ3v) is 7.85. The Bertz CT molecular complexity index is 547. The molecule has 3 heterocycles. The number of alkyl halides is 1. The molecule has 3 aliphatic rings. The van der Waals surface area contributed by atoms with Crippen molar-refractivity contribution in [1.82, 2.24) is 25.8 Å². The number of rotatable bonds is 11. The first-order valence-corrected chi connectivity index (χ1v) is 13.0. The first kappa shape index (κ1) is 27.2. The Morgan fingerprint density at radius 3 is 2.42 bits per heavy atom. The van der Waals surface area contributed by atoms with Crippen LogP contribution >= 0.6 is 0 Å². The van der Waals surface area contributed by atoms with Gasteiger partial charge in [0.1, 0.15) is 12.4 Å². The lowest BCUT2D eigenvalue weighted by Crippen LogP contribution is -2.66. The number of hydrogen-bond donors (Lipinski definition) is 6. The highest BCUT2D eigenvalue weighted by atomic mass is 19.1. The second-order valence-electron chi connectivity index (χ2n) is 10.1. The van der Waals surface area contributed by atoms with E-state index in [0.717, 1.165) is 71.7 Å². The molecule has 6 unspecified atom stereocenters. The summed E-state index contributed by atoms with van der Waals surface area (Å²) in [6.07, 6.45) is 1.26. The molecule has 8 N–H and O–H groups in total. The predicted octanol–water partition coefficient (Wildman–Crippen LogP) is -0.993. The summed E-state index contributed by atoms with van der Waals surface area (Å²) < 4.78 is 19.2. The molecule has 0 aromatic heterocycles. The van der Waals surface area contributed by atoms with Crippen molar-refractivity contribution in [3.8, 4) is 0 Å². The van der Waals surface area contributed by atoms with E-state index in [2.05, 4.69) is 25.8 Å². The molecular weight excluding hydrogens is 425 g/mol. The number of nitrogens with one attached hydrogen (secondary N) is 3. The lowest BCUT2D eigenvalue weighted by molar-refractivity contribution is -0.0136. The Hall–Kier alpha value is -0.430. The molecule has 9 nitrogen and oxygen atoms in total. The maximum Gasteiger partial charge on any atom is 0.112 e. The molecular formula is C23H48FN7O2. The molecule has 3 fully saturated rings. The first-order valence-electron chi connectivity index (χ1n) is 13.0. The van der Waals surface area contributed by atoms with Gasteiger partial charge in [0.05, 0.1) is 6.17 Å². The topological polar surface area (TPSA) is 124 Å². The Balaban J connectivity index is 1.54. The highest BCUT2D eigenvalue weighted by Gasteiger charge is 2.37. The number of halogens is 1. The Morgan fingerprint density at radius 2 is 1.79 bits per heavy atom. The van der Waals surface area contributed by atoms with Crippen LogP contribution in [0.25, 0.3) is 0 Å². The van der Waals surface area contributed by atoms with Crippen molar-refractivity contribution in [2.75, 3.05) is 59.0 Å². The minimum Gasteiger partial charge on any atom is -0.381 e. The summed E-state index contributed by atoms with van der Waals surface area (Å²) in [6, 6.07) is 0.893. The summed E-state index contributed by atoms with van der Waals surface area (Å²) in [5.41, 5.74) is 12.1. The molecule has 0 aliphatic carbocycles. The van der Waals surface area contributed by atoms with Gasteiger partial charge in [-0.3, -0.25) is 15.1 Å². The molecule has 0 bridgehead atoms. The minimum atomic E-state index is -0.918. The lowest BCUT2D eigenvalue weighted by atomic mass is 9.92. The first-order chi connectivity index (χ1) is 15.9. The van der Waals surface area contributed by atoms with E-state index in [9.17, 15) is 9.50 Å². The van der Waals surface area contributed by atoms with Crippen molar-refractivity contribution in [1.29, 1.82) is 0 Å². The zero-order chi connectivity index (χ0) is 23.8. The Kier molecular flexibility index (Phi) is 11.2. The van der Waals surface area contributed by atoms with Crippen LogP contribution in [-0.2, 0) is 4.74 Å². The van der Waals surface area contributed by atoms with Crippen molar-refractivity contribution in [2.45, 2.75) is 82.3 Å². The number of aliphatic hydroxyl groups is 1. The van der Waals surface area contributed by atoms with E-state index in [4.69, 9.17) is 16.2 Å². The van der Waals surface area contributed by atoms with Crippen molar-refractivity contribution in [2.24, 2.45) is 17.4 Å². The Labute approximate surface area is 199 Å². The van der Waals surface area contributed by atoms with Crippen LogP contribution in [0.15, 0.2) is 0 Å². The van der Waals surface area contributed by atoms with E-state index in [1.807, 2.05) is 13.8 Å². The van der Waals surface area contributed by atoms with Gasteiger partial charge in [-0.1, -0.05) is 6.92 Å². The van der Waals surface area contributed by atoms with Gasteiger partial charge in [-0.25, -0.2) is 4.39 Å². The molecule has 3 aliphatic heterocycles. The van der Waals surface area contributed by atoms with E-state index >= 15 is 0 Å². The monoisotopic (exact) mass is 473 g/mol. The zero-order valence-electron chi connectivity index (χ0n) is 20.6. The number of piperazine rings is 1. The number of nitrogens with two attached hydrogens (primary N) is 2. The van der Waals surface area contributed by atoms with Crippen molar-refractivity contribution in [3.63, 3.8) is 0 Å². The molecule has 3 rings (SSSR count). The van der Waals surface area contributed by atoms with E-state index in [1.54, 1.807) is 0 Å². The number of aliphatic hydroxyl groups excluding tert-OH is 1. The molecule has 0 aromatic rings. The standard InChI is InChI=1S/C23H48FN7O2/c1-3-17(24)14-28-16(2)21(22(25)26)23(32)29-19-15-27-7-4-20(19)31-10-8-30(9-11-31)18-5-12-33-13-6-18/h16-23,27-29,32H,3-15,25-26H2,1-2H3. The quantitative estimate of drug-likeness (QED) is 0.210. The van der Waals surface area contributed by atoms with Gasteiger partial charge >= 0.3 is 0 Å². The van der Waals surface area contributed by atoms with Crippen LogP contribution in [0.5, 0.6) is 0 Å². The van der Waals surface area contributed by atoms with Crippen LogP contribution in [-0.4, -0.2) is 117 Å². The number of hydrogen-bond acceptors (Lipinski definition) is 9. The summed E-state index contributed by atoms with van der Waals surface area (Å²) in [6.45, 7) is 11.8. The summed E-state index contributed by atoms with van der Waals surface area (Å²) >= 11 is 0. The fourth-order valence-electron chi connectivity index (χ4n) is 5.68. The normalized spacial score (nSPS) is 30.3. The zero-order valence-corrected chi connectivity index (χ0v) is 20.6. The van der Waals surface area contributed by atoms with Crippen molar-refractivity contribution in [3.05, 3.63) is 0 Å². The van der Waals surface area contributed by atoms with E-state index in [-0.39, 0.29) is 18.6 Å². The van der Waals surface area contributed by atoms with Gasteiger partial charge in [0.25, 0.3) is 0 Å². The van der Waals surface area contributed by atoms with Gasteiger partial charge in [0.2, 0.25) is 0 Å². The fraction of sp³-hybridized carbons (Fsp3) is 1.00. The predicted molar refractivity (Wildman–Crippen MR) is 129 cm³/mol. The van der Waals surface area contributed by atoms with Gasteiger partial charge in [-0.15, -0.1) is 0 Å². The molecule has 194 valence electrons. The number of piperidine rings is 1. The molecule has 3 saturated heterocycles. The van der Waals surface area contributed by atoms with Crippen LogP contribution in [0.1, 0.15) is 39.5 Å². The third-order valence-electron chi connectivity index (χ3n) is 7.85. The summed E-state index contributed by atoms with van der Waals surface area (Å²) in [4.78, 5) is 5.21. The second-order valence-corrected chi connectivity index (χ2v) is 10.1. The third kappa shape index (κ3) is 7.78. The van der Waals surface area contributed by atoms with Gasteiger partial charge in [0.15, 0.2) is 0 Å².